The zero-order valence-corrected chi connectivity index (χ0v) is 9.41. The van der Waals surface area contributed by atoms with E-state index in [0.717, 1.165) is 32.0 Å². The molecule has 0 bridgehead atoms. The van der Waals surface area contributed by atoms with Gasteiger partial charge in [0, 0.05) is 26.2 Å². The van der Waals surface area contributed by atoms with Crippen LogP contribution in [0.15, 0.2) is 12.4 Å². The average molecular weight is 231 g/mol. The smallest absolute Gasteiger partial charge is 0.170 e. The summed E-state index contributed by atoms with van der Waals surface area (Å²) < 4.78 is 0. The number of anilines is 1. The van der Waals surface area contributed by atoms with Crippen molar-refractivity contribution in [1.82, 2.24) is 14.9 Å². The third kappa shape index (κ3) is 2.77. The molecule has 6 nitrogen and oxygen atoms in total. The highest BCUT2D eigenvalue weighted by Gasteiger charge is 2.17. The summed E-state index contributed by atoms with van der Waals surface area (Å²) in [4.78, 5) is 22.8. The fraction of sp³-hybridized carbons (Fsp3) is 0.455. The van der Waals surface area contributed by atoms with E-state index in [4.69, 9.17) is 5.26 Å². The molecule has 0 aromatic carbocycles. The van der Waals surface area contributed by atoms with Crippen molar-refractivity contribution in [3.05, 3.63) is 18.1 Å². The molecule has 1 fully saturated rings. The van der Waals surface area contributed by atoms with Gasteiger partial charge < -0.3 is 4.90 Å². The monoisotopic (exact) mass is 231 g/mol. The van der Waals surface area contributed by atoms with Crippen LogP contribution in [0.4, 0.5) is 5.82 Å². The quantitative estimate of drug-likeness (QED) is 0.536. The first kappa shape index (κ1) is 11.5. The predicted octanol–water partition coefficient (Wildman–Crippen LogP) is -0.0653. The Morgan fingerprint density at radius 3 is 2.59 bits per heavy atom. The van der Waals surface area contributed by atoms with E-state index >= 15 is 0 Å². The summed E-state index contributed by atoms with van der Waals surface area (Å²) in [5.74, 6) is 0.784. The zero-order chi connectivity index (χ0) is 12.1. The molecule has 17 heavy (non-hydrogen) atoms. The molecule has 0 spiro atoms. The maximum Gasteiger partial charge on any atom is 0.170 e. The molecule has 0 radical (unpaired) electrons. The molecule has 1 aliphatic rings. The van der Waals surface area contributed by atoms with Crippen molar-refractivity contribution in [2.45, 2.75) is 0 Å². The van der Waals surface area contributed by atoms with E-state index in [-0.39, 0.29) is 0 Å². The summed E-state index contributed by atoms with van der Waals surface area (Å²) in [5.41, 5.74) is 0.344. The number of carbonyl (C=O) groups excluding carboxylic acids is 1. The highest BCUT2D eigenvalue weighted by Crippen LogP contribution is 2.11. The zero-order valence-electron chi connectivity index (χ0n) is 9.41. The van der Waals surface area contributed by atoms with Gasteiger partial charge in [-0.25, -0.2) is 9.97 Å². The second-order valence-electron chi connectivity index (χ2n) is 3.84. The number of rotatable bonds is 3. The molecule has 0 amide bonds. The molecule has 0 aliphatic carbocycles. The lowest BCUT2D eigenvalue weighted by atomic mass is 10.3. The van der Waals surface area contributed by atoms with Crippen LogP contribution in [0.1, 0.15) is 10.5 Å². The predicted molar refractivity (Wildman–Crippen MR) is 61.7 cm³/mol. The number of nitriles is 1. The van der Waals surface area contributed by atoms with E-state index in [9.17, 15) is 4.79 Å². The molecule has 1 aliphatic heterocycles. The number of nitrogens with zero attached hydrogens (tertiary/aromatic N) is 5. The maximum absolute atomic E-state index is 10.5. The summed E-state index contributed by atoms with van der Waals surface area (Å²) in [6.07, 6.45) is 3.77. The Bertz CT molecular complexity index is 416. The normalized spacial score (nSPS) is 16.5. The van der Waals surface area contributed by atoms with Crippen LogP contribution in [0.5, 0.6) is 0 Å². The molecule has 0 saturated carbocycles. The summed E-state index contributed by atoms with van der Waals surface area (Å²) in [6, 6.07) is 2.15. The highest BCUT2D eigenvalue weighted by molar-refractivity contribution is 5.71. The minimum Gasteiger partial charge on any atom is -0.353 e. The Morgan fingerprint density at radius 2 is 2.06 bits per heavy atom. The van der Waals surface area contributed by atoms with Gasteiger partial charge in [0.25, 0.3) is 0 Å². The lowest BCUT2D eigenvalue weighted by Gasteiger charge is -2.33. The van der Waals surface area contributed by atoms with Crippen molar-refractivity contribution in [3.63, 3.8) is 0 Å². The third-order valence-electron chi connectivity index (χ3n) is 2.77. The molecule has 0 atom stereocenters. The van der Waals surface area contributed by atoms with Gasteiger partial charge in [0.05, 0.1) is 25.0 Å². The third-order valence-corrected chi connectivity index (χ3v) is 2.77. The van der Waals surface area contributed by atoms with Crippen LogP contribution in [-0.2, 0) is 0 Å². The Balaban J connectivity index is 1.96. The number of carbonyl (C=O) groups is 1. The van der Waals surface area contributed by atoms with Gasteiger partial charge in [-0.05, 0) is 0 Å². The van der Waals surface area contributed by atoms with Gasteiger partial charge in [-0.1, -0.05) is 0 Å². The minimum atomic E-state index is 0.344. The van der Waals surface area contributed by atoms with Gasteiger partial charge in [-0.3, -0.25) is 9.69 Å². The van der Waals surface area contributed by atoms with E-state index < -0.39 is 0 Å². The summed E-state index contributed by atoms with van der Waals surface area (Å²) >= 11 is 0. The van der Waals surface area contributed by atoms with Crippen LogP contribution in [0.25, 0.3) is 0 Å². The molecule has 0 unspecified atom stereocenters. The molecule has 88 valence electrons. The maximum atomic E-state index is 10.5. The topological polar surface area (TPSA) is 73.1 Å². The van der Waals surface area contributed by atoms with Crippen LogP contribution in [0, 0.1) is 11.3 Å². The first-order valence-electron chi connectivity index (χ1n) is 5.45. The number of hydrogen-bond donors (Lipinski definition) is 0. The van der Waals surface area contributed by atoms with E-state index in [0.29, 0.717) is 18.5 Å². The largest absolute Gasteiger partial charge is 0.353 e. The van der Waals surface area contributed by atoms with Gasteiger partial charge in [-0.2, -0.15) is 5.26 Å². The number of aromatic nitrogens is 2. The van der Waals surface area contributed by atoms with Gasteiger partial charge >= 0.3 is 0 Å². The number of hydrogen-bond acceptors (Lipinski definition) is 6. The molecule has 0 N–H and O–H groups in total. The van der Waals surface area contributed by atoms with Crippen LogP contribution in [-0.4, -0.2) is 53.9 Å². The summed E-state index contributed by atoms with van der Waals surface area (Å²) in [5, 5.41) is 8.60. The lowest BCUT2D eigenvalue weighted by Crippen LogP contribution is -2.46. The van der Waals surface area contributed by atoms with E-state index in [1.54, 1.807) is 6.20 Å². The van der Waals surface area contributed by atoms with Crippen molar-refractivity contribution in [2.75, 3.05) is 37.6 Å². The Morgan fingerprint density at radius 1 is 1.29 bits per heavy atom. The molecule has 6 heteroatoms. The van der Waals surface area contributed by atoms with Gasteiger partial charge in [0.2, 0.25) is 0 Å². The second kappa shape index (κ2) is 5.37. The molecule has 1 saturated heterocycles. The van der Waals surface area contributed by atoms with E-state index in [1.165, 1.54) is 6.20 Å². The highest BCUT2D eigenvalue weighted by atomic mass is 16.1. The van der Waals surface area contributed by atoms with Crippen LogP contribution in [0.3, 0.4) is 0 Å². The van der Waals surface area contributed by atoms with Crippen molar-refractivity contribution >= 4 is 12.1 Å². The molecule has 1 aromatic rings. The SMILES string of the molecule is N#CCN1CCN(c2cnc(C=O)cn2)CC1. The molecular weight excluding hydrogens is 218 g/mol. The standard InChI is InChI=1S/C11H13N5O/c12-1-2-15-3-5-16(6-4-15)11-8-13-10(9-17)7-14-11/h7-9H,2-6H2. The lowest BCUT2D eigenvalue weighted by molar-refractivity contribution is 0.111. The van der Waals surface area contributed by atoms with Gasteiger partial charge in [0.1, 0.15) is 11.5 Å². The number of piperazine rings is 1. The Hall–Kier alpha value is -2.00. The van der Waals surface area contributed by atoms with E-state index in [2.05, 4.69) is 25.8 Å². The summed E-state index contributed by atoms with van der Waals surface area (Å²) in [6.45, 7) is 3.84. The van der Waals surface area contributed by atoms with Gasteiger partial charge in [-0.15, -0.1) is 0 Å². The van der Waals surface area contributed by atoms with Crippen molar-refractivity contribution in [3.8, 4) is 6.07 Å². The minimum absolute atomic E-state index is 0.344. The average Bonchev–Trinajstić information content (AvgIpc) is 2.40. The first-order chi connectivity index (χ1) is 8.33. The van der Waals surface area contributed by atoms with Crippen LogP contribution >= 0.6 is 0 Å². The summed E-state index contributed by atoms with van der Waals surface area (Å²) in [7, 11) is 0. The second-order valence-corrected chi connectivity index (χ2v) is 3.84. The Labute approximate surface area is 99.5 Å². The van der Waals surface area contributed by atoms with Gasteiger partial charge in [0.15, 0.2) is 6.29 Å². The van der Waals surface area contributed by atoms with Crippen molar-refractivity contribution in [1.29, 1.82) is 5.26 Å². The molecule has 2 rings (SSSR count). The fourth-order valence-corrected chi connectivity index (χ4v) is 1.79. The van der Waals surface area contributed by atoms with Crippen molar-refractivity contribution < 1.29 is 4.79 Å². The van der Waals surface area contributed by atoms with Crippen LogP contribution in [0.2, 0.25) is 0 Å². The fourth-order valence-electron chi connectivity index (χ4n) is 1.79. The van der Waals surface area contributed by atoms with Crippen LogP contribution < -0.4 is 4.90 Å². The van der Waals surface area contributed by atoms with E-state index in [1.807, 2.05) is 0 Å². The number of aldehydes is 1. The Kier molecular flexibility index (Phi) is 3.62. The first-order valence-corrected chi connectivity index (χ1v) is 5.45. The molecule has 1 aromatic heterocycles. The van der Waals surface area contributed by atoms with Crippen molar-refractivity contribution in [2.24, 2.45) is 0 Å². The molecule has 2 heterocycles. The molecular formula is C11H13N5O.